The van der Waals surface area contributed by atoms with Crippen LogP contribution in [0.25, 0.3) is 0 Å². The monoisotopic (exact) mass is 298 g/mol. The van der Waals surface area contributed by atoms with Crippen LogP contribution in [0.1, 0.15) is 51.4 Å². The Balaban J connectivity index is 1.94. The van der Waals surface area contributed by atoms with E-state index in [-0.39, 0.29) is 24.7 Å². The molecule has 2 aliphatic carbocycles. The third-order valence-electron chi connectivity index (χ3n) is 4.73. The summed E-state index contributed by atoms with van der Waals surface area (Å²) in [6.07, 6.45) is 6.97. The lowest BCUT2D eigenvalue weighted by atomic mass is 9.84. The summed E-state index contributed by atoms with van der Waals surface area (Å²) in [6, 6.07) is -0.171. The van der Waals surface area contributed by atoms with Gasteiger partial charge in [0.05, 0.1) is 5.92 Å². The summed E-state index contributed by atoms with van der Waals surface area (Å²) in [6.45, 7) is 0.606. The molecule has 0 aromatic heterocycles. The van der Waals surface area contributed by atoms with E-state index in [0.29, 0.717) is 19.4 Å². The van der Waals surface area contributed by atoms with Crippen LogP contribution in [0.5, 0.6) is 0 Å². The van der Waals surface area contributed by atoms with Gasteiger partial charge in [0.1, 0.15) is 0 Å². The third kappa shape index (κ3) is 4.09. The largest absolute Gasteiger partial charge is 0.481 e. The van der Waals surface area contributed by atoms with Crippen LogP contribution < -0.4 is 5.32 Å². The Kier molecular flexibility index (Phi) is 5.85. The number of carbonyl (C=O) groups is 2. The third-order valence-corrected chi connectivity index (χ3v) is 4.73. The molecule has 2 unspecified atom stereocenters. The zero-order valence-electron chi connectivity index (χ0n) is 12.5. The van der Waals surface area contributed by atoms with Crippen LogP contribution in [-0.2, 0) is 4.79 Å². The van der Waals surface area contributed by atoms with Crippen molar-refractivity contribution < 1.29 is 19.8 Å². The number of hydrogen-bond donors (Lipinski definition) is 3. The van der Waals surface area contributed by atoms with Crippen molar-refractivity contribution in [3.05, 3.63) is 0 Å². The van der Waals surface area contributed by atoms with Gasteiger partial charge in [-0.15, -0.1) is 0 Å². The summed E-state index contributed by atoms with van der Waals surface area (Å²) in [4.78, 5) is 25.5. The Bertz CT molecular complexity index is 371. The molecule has 2 saturated carbocycles. The Morgan fingerprint density at radius 2 is 1.81 bits per heavy atom. The minimum Gasteiger partial charge on any atom is -0.481 e. The van der Waals surface area contributed by atoms with Crippen LogP contribution >= 0.6 is 0 Å². The summed E-state index contributed by atoms with van der Waals surface area (Å²) in [5.41, 5.74) is 0. The minimum absolute atomic E-state index is 0.0671. The molecule has 2 atom stereocenters. The van der Waals surface area contributed by atoms with Crippen molar-refractivity contribution in [3.8, 4) is 0 Å². The molecular formula is C15H26N2O4. The molecule has 2 aliphatic rings. The molecule has 0 spiro atoms. The number of carbonyl (C=O) groups excluding carboxylic acids is 1. The first-order chi connectivity index (χ1) is 10.1. The fraction of sp³-hybridized carbons (Fsp3) is 0.867. The lowest BCUT2D eigenvalue weighted by Gasteiger charge is -2.39. The van der Waals surface area contributed by atoms with E-state index < -0.39 is 11.9 Å². The van der Waals surface area contributed by atoms with Gasteiger partial charge in [-0.05, 0) is 38.5 Å². The summed E-state index contributed by atoms with van der Waals surface area (Å²) in [5.74, 6) is -1.28. The molecule has 6 heteroatoms. The standard InChI is InChI=1S/C15H26N2O4/c18-10-4-9-17(11-5-3-6-11)15(21)16-13-8-2-1-7-12(13)14(19)20/h11-13,18H,1-10H2,(H,16,21)(H,19,20). The summed E-state index contributed by atoms with van der Waals surface area (Å²) < 4.78 is 0. The SMILES string of the molecule is O=C(O)C1CCCCC1NC(=O)N(CCCO)C1CCC1. The number of urea groups is 1. The summed E-state index contributed by atoms with van der Waals surface area (Å²) in [5, 5.41) is 21.2. The number of carboxylic acids is 1. The van der Waals surface area contributed by atoms with Crippen molar-refractivity contribution in [2.24, 2.45) is 5.92 Å². The van der Waals surface area contributed by atoms with Gasteiger partial charge in [0, 0.05) is 25.2 Å². The topological polar surface area (TPSA) is 89.9 Å². The molecule has 3 N–H and O–H groups in total. The van der Waals surface area contributed by atoms with E-state index in [1.54, 1.807) is 4.90 Å². The van der Waals surface area contributed by atoms with Crippen molar-refractivity contribution in [1.82, 2.24) is 10.2 Å². The number of aliphatic hydroxyl groups is 1. The van der Waals surface area contributed by atoms with E-state index in [2.05, 4.69) is 5.32 Å². The van der Waals surface area contributed by atoms with E-state index in [1.165, 1.54) is 0 Å². The van der Waals surface area contributed by atoms with Crippen molar-refractivity contribution in [2.45, 2.75) is 63.5 Å². The first-order valence-corrected chi connectivity index (χ1v) is 8.04. The fourth-order valence-electron chi connectivity index (χ4n) is 3.23. The van der Waals surface area contributed by atoms with Crippen LogP contribution in [0.3, 0.4) is 0 Å². The molecule has 21 heavy (non-hydrogen) atoms. The molecule has 0 aromatic carbocycles. The Morgan fingerprint density at radius 1 is 1.10 bits per heavy atom. The molecule has 120 valence electrons. The molecule has 0 aliphatic heterocycles. The van der Waals surface area contributed by atoms with Crippen LogP contribution in [0, 0.1) is 5.92 Å². The van der Waals surface area contributed by atoms with Gasteiger partial charge in [0.15, 0.2) is 0 Å². The predicted octanol–water partition coefficient (Wildman–Crippen LogP) is 1.58. The highest BCUT2D eigenvalue weighted by atomic mass is 16.4. The zero-order valence-corrected chi connectivity index (χ0v) is 12.5. The highest BCUT2D eigenvalue weighted by Gasteiger charge is 2.35. The second-order valence-corrected chi connectivity index (χ2v) is 6.14. The fourth-order valence-corrected chi connectivity index (χ4v) is 3.23. The highest BCUT2D eigenvalue weighted by Crippen LogP contribution is 2.27. The normalized spacial score (nSPS) is 26.0. The van der Waals surface area contributed by atoms with E-state index in [9.17, 15) is 14.7 Å². The molecule has 2 fully saturated rings. The van der Waals surface area contributed by atoms with E-state index in [0.717, 1.165) is 38.5 Å². The van der Waals surface area contributed by atoms with Gasteiger partial charge >= 0.3 is 12.0 Å². The lowest BCUT2D eigenvalue weighted by Crippen LogP contribution is -2.54. The van der Waals surface area contributed by atoms with Crippen molar-refractivity contribution in [2.75, 3.05) is 13.2 Å². The molecule has 2 rings (SSSR count). The Labute approximate surface area is 125 Å². The van der Waals surface area contributed by atoms with Crippen LogP contribution in [0.15, 0.2) is 0 Å². The first-order valence-electron chi connectivity index (χ1n) is 8.04. The first kappa shape index (κ1) is 16.1. The maximum absolute atomic E-state index is 12.5. The van der Waals surface area contributed by atoms with Gasteiger partial charge in [-0.2, -0.15) is 0 Å². The van der Waals surface area contributed by atoms with E-state index >= 15 is 0 Å². The second-order valence-electron chi connectivity index (χ2n) is 6.14. The van der Waals surface area contributed by atoms with Gasteiger partial charge < -0.3 is 20.4 Å². The van der Waals surface area contributed by atoms with Crippen LogP contribution in [0.4, 0.5) is 4.79 Å². The van der Waals surface area contributed by atoms with Gasteiger partial charge in [-0.1, -0.05) is 12.8 Å². The van der Waals surface area contributed by atoms with E-state index in [4.69, 9.17) is 5.11 Å². The van der Waals surface area contributed by atoms with Crippen molar-refractivity contribution in [3.63, 3.8) is 0 Å². The average molecular weight is 298 g/mol. The highest BCUT2D eigenvalue weighted by molar-refractivity contribution is 5.77. The van der Waals surface area contributed by atoms with Crippen LogP contribution in [0.2, 0.25) is 0 Å². The smallest absolute Gasteiger partial charge is 0.317 e. The molecular weight excluding hydrogens is 272 g/mol. The molecule has 0 bridgehead atoms. The van der Waals surface area contributed by atoms with Crippen molar-refractivity contribution >= 4 is 12.0 Å². The number of aliphatic carboxylic acids is 1. The molecule has 0 saturated heterocycles. The van der Waals surface area contributed by atoms with Gasteiger partial charge in [-0.25, -0.2) is 4.79 Å². The van der Waals surface area contributed by atoms with Gasteiger partial charge in [0.2, 0.25) is 0 Å². The zero-order chi connectivity index (χ0) is 15.2. The molecule has 0 heterocycles. The van der Waals surface area contributed by atoms with Crippen LogP contribution in [-0.4, -0.2) is 52.3 Å². The van der Waals surface area contributed by atoms with Gasteiger partial charge in [0.25, 0.3) is 0 Å². The van der Waals surface area contributed by atoms with Crippen molar-refractivity contribution in [1.29, 1.82) is 0 Å². The molecule has 0 radical (unpaired) electrons. The maximum Gasteiger partial charge on any atom is 0.317 e. The second kappa shape index (κ2) is 7.64. The number of amides is 2. The Morgan fingerprint density at radius 3 is 2.38 bits per heavy atom. The quantitative estimate of drug-likeness (QED) is 0.694. The number of nitrogens with zero attached hydrogens (tertiary/aromatic N) is 1. The molecule has 0 aromatic rings. The van der Waals surface area contributed by atoms with E-state index in [1.807, 2.05) is 0 Å². The number of aliphatic hydroxyl groups excluding tert-OH is 1. The molecule has 2 amide bonds. The molecule has 6 nitrogen and oxygen atoms in total. The maximum atomic E-state index is 12.5. The number of rotatable bonds is 6. The Hall–Kier alpha value is -1.30. The lowest BCUT2D eigenvalue weighted by molar-refractivity contribution is -0.143. The minimum atomic E-state index is -0.814. The summed E-state index contributed by atoms with van der Waals surface area (Å²) >= 11 is 0. The summed E-state index contributed by atoms with van der Waals surface area (Å²) in [7, 11) is 0. The number of carboxylic acid groups (broad SMARTS) is 1. The predicted molar refractivity (Wildman–Crippen MR) is 78.0 cm³/mol. The average Bonchev–Trinajstić information content (AvgIpc) is 2.41. The van der Waals surface area contributed by atoms with Gasteiger partial charge in [-0.3, -0.25) is 4.79 Å². The number of hydrogen-bond acceptors (Lipinski definition) is 3. The number of nitrogens with one attached hydrogen (secondary N) is 1.